The van der Waals surface area contributed by atoms with Crippen LogP contribution in [0, 0.1) is 12.8 Å². The largest absolute Gasteiger partial charge is 0.481 e. The molecule has 0 spiro atoms. The number of halogens is 1. The van der Waals surface area contributed by atoms with Gasteiger partial charge in [0.15, 0.2) is 0 Å². The fraction of sp³-hybridized carbons (Fsp3) is 0.467. The van der Waals surface area contributed by atoms with Gasteiger partial charge in [-0.15, -0.1) is 0 Å². The molecule has 1 aliphatic rings. The maximum Gasteiger partial charge on any atom is 0.306 e. The van der Waals surface area contributed by atoms with Crippen LogP contribution in [0.25, 0.3) is 0 Å². The summed E-state index contributed by atoms with van der Waals surface area (Å²) in [6.45, 7) is 1.93. The summed E-state index contributed by atoms with van der Waals surface area (Å²) < 4.78 is 0.756. The van der Waals surface area contributed by atoms with E-state index in [1.165, 1.54) is 0 Å². The first-order valence-corrected chi connectivity index (χ1v) is 7.56. The predicted octanol–water partition coefficient (Wildman–Crippen LogP) is 3.13. The van der Waals surface area contributed by atoms with Gasteiger partial charge >= 0.3 is 5.97 Å². The Balaban J connectivity index is 2.04. The number of nitrogens with one attached hydrogen (secondary N) is 1. The second kappa shape index (κ2) is 6.39. The number of carboxylic acids is 1. The molecule has 1 aromatic carbocycles. The van der Waals surface area contributed by atoms with Crippen molar-refractivity contribution in [3.8, 4) is 0 Å². The smallest absolute Gasteiger partial charge is 0.306 e. The van der Waals surface area contributed by atoms with E-state index < -0.39 is 5.97 Å². The van der Waals surface area contributed by atoms with Crippen molar-refractivity contribution in [1.29, 1.82) is 0 Å². The topological polar surface area (TPSA) is 66.4 Å². The van der Waals surface area contributed by atoms with E-state index in [9.17, 15) is 9.59 Å². The summed E-state index contributed by atoms with van der Waals surface area (Å²) >= 11 is 3.38. The van der Waals surface area contributed by atoms with Gasteiger partial charge in [0.25, 0.3) is 5.91 Å². The highest BCUT2D eigenvalue weighted by atomic mass is 79.9. The second-order valence-electron chi connectivity index (χ2n) is 5.36. The molecule has 5 heteroatoms. The van der Waals surface area contributed by atoms with Gasteiger partial charge in [-0.1, -0.05) is 18.1 Å². The van der Waals surface area contributed by atoms with Crippen LogP contribution in [0.1, 0.15) is 41.6 Å². The van der Waals surface area contributed by atoms with Crippen LogP contribution in [0.2, 0.25) is 0 Å². The lowest BCUT2D eigenvalue weighted by atomic mass is 9.85. The number of rotatable bonds is 3. The zero-order chi connectivity index (χ0) is 14.7. The highest BCUT2D eigenvalue weighted by Crippen LogP contribution is 2.25. The number of amides is 1. The molecule has 108 valence electrons. The summed E-state index contributed by atoms with van der Waals surface area (Å²) in [6.07, 6.45) is 2.91. The van der Waals surface area contributed by atoms with Gasteiger partial charge in [-0.3, -0.25) is 9.59 Å². The van der Waals surface area contributed by atoms with Crippen molar-refractivity contribution in [2.24, 2.45) is 5.92 Å². The number of carbonyl (C=O) groups is 2. The van der Waals surface area contributed by atoms with Gasteiger partial charge < -0.3 is 10.4 Å². The highest BCUT2D eigenvalue weighted by Gasteiger charge is 2.28. The van der Waals surface area contributed by atoms with E-state index in [0.717, 1.165) is 22.9 Å². The lowest BCUT2D eigenvalue weighted by molar-refractivity contribution is -0.143. The Morgan fingerprint density at radius 1 is 1.35 bits per heavy atom. The summed E-state index contributed by atoms with van der Waals surface area (Å²) in [5.41, 5.74) is 1.62. The zero-order valence-electron chi connectivity index (χ0n) is 11.4. The van der Waals surface area contributed by atoms with Crippen LogP contribution in [0.4, 0.5) is 0 Å². The first kappa shape index (κ1) is 15.0. The number of hydrogen-bond acceptors (Lipinski definition) is 2. The molecular formula is C15H18BrNO3. The monoisotopic (exact) mass is 339 g/mol. The predicted molar refractivity (Wildman–Crippen MR) is 79.7 cm³/mol. The van der Waals surface area contributed by atoms with Crippen molar-refractivity contribution in [1.82, 2.24) is 5.32 Å². The molecule has 2 rings (SSSR count). The van der Waals surface area contributed by atoms with Crippen LogP contribution in [0.15, 0.2) is 22.7 Å². The first-order chi connectivity index (χ1) is 9.47. The standard InChI is InChI=1S/C15H18BrNO3/c1-9-5-6-13(16)12(7-9)14(18)17-11-4-2-3-10(8-11)15(19)20/h5-7,10-11H,2-4,8H2,1H3,(H,17,18)(H,19,20). The van der Waals surface area contributed by atoms with Gasteiger partial charge in [-0.25, -0.2) is 0 Å². The van der Waals surface area contributed by atoms with Crippen molar-refractivity contribution in [3.05, 3.63) is 33.8 Å². The lowest BCUT2D eigenvalue weighted by Crippen LogP contribution is -2.40. The fourth-order valence-corrected chi connectivity index (χ4v) is 3.05. The minimum Gasteiger partial charge on any atom is -0.481 e. The molecule has 0 saturated heterocycles. The number of carbonyl (C=O) groups excluding carboxylic acids is 1. The highest BCUT2D eigenvalue weighted by molar-refractivity contribution is 9.10. The molecule has 1 saturated carbocycles. The summed E-state index contributed by atoms with van der Waals surface area (Å²) in [5, 5.41) is 12.0. The van der Waals surface area contributed by atoms with E-state index in [1.807, 2.05) is 25.1 Å². The number of aryl methyl sites for hydroxylation is 1. The molecule has 2 atom stereocenters. The van der Waals surface area contributed by atoms with Gasteiger partial charge in [0.05, 0.1) is 11.5 Å². The van der Waals surface area contributed by atoms with Crippen LogP contribution in [0.5, 0.6) is 0 Å². The summed E-state index contributed by atoms with van der Waals surface area (Å²) in [7, 11) is 0. The van der Waals surface area contributed by atoms with Crippen molar-refractivity contribution in [2.45, 2.75) is 38.6 Å². The molecule has 2 N–H and O–H groups in total. The lowest BCUT2D eigenvalue weighted by Gasteiger charge is -2.27. The number of aliphatic carboxylic acids is 1. The Bertz CT molecular complexity index is 530. The van der Waals surface area contributed by atoms with Crippen LogP contribution in [-0.4, -0.2) is 23.0 Å². The zero-order valence-corrected chi connectivity index (χ0v) is 12.9. The van der Waals surface area contributed by atoms with E-state index in [1.54, 1.807) is 0 Å². The molecule has 4 nitrogen and oxygen atoms in total. The van der Waals surface area contributed by atoms with Crippen LogP contribution in [0.3, 0.4) is 0 Å². The van der Waals surface area contributed by atoms with Gasteiger partial charge in [0, 0.05) is 10.5 Å². The Morgan fingerprint density at radius 3 is 2.80 bits per heavy atom. The molecule has 1 amide bonds. The molecular weight excluding hydrogens is 322 g/mol. The molecule has 1 aromatic rings. The van der Waals surface area contributed by atoms with Gasteiger partial charge in [0.2, 0.25) is 0 Å². The number of benzene rings is 1. The summed E-state index contributed by atoms with van der Waals surface area (Å²) in [6, 6.07) is 5.56. The first-order valence-electron chi connectivity index (χ1n) is 6.77. The van der Waals surface area contributed by atoms with E-state index in [4.69, 9.17) is 5.11 Å². The minimum atomic E-state index is -0.763. The molecule has 1 fully saturated rings. The summed E-state index contributed by atoms with van der Waals surface area (Å²) in [5.74, 6) is -1.24. The average molecular weight is 340 g/mol. The average Bonchev–Trinajstić information content (AvgIpc) is 2.41. The maximum absolute atomic E-state index is 12.3. The SMILES string of the molecule is Cc1ccc(Br)c(C(=O)NC2CCCC(C(=O)O)C2)c1. The van der Waals surface area contributed by atoms with E-state index in [0.29, 0.717) is 18.4 Å². The Morgan fingerprint density at radius 2 is 2.10 bits per heavy atom. The molecule has 0 aliphatic heterocycles. The van der Waals surface area contributed by atoms with Crippen molar-refractivity contribution < 1.29 is 14.7 Å². The normalized spacial score (nSPS) is 22.3. The molecule has 0 aromatic heterocycles. The molecule has 1 aliphatic carbocycles. The molecule has 0 heterocycles. The minimum absolute atomic E-state index is 0.0511. The second-order valence-corrected chi connectivity index (χ2v) is 6.21. The van der Waals surface area contributed by atoms with Crippen LogP contribution >= 0.6 is 15.9 Å². The van der Waals surface area contributed by atoms with Gasteiger partial charge in [-0.2, -0.15) is 0 Å². The Labute approximate surface area is 126 Å². The molecule has 20 heavy (non-hydrogen) atoms. The Hall–Kier alpha value is -1.36. The fourth-order valence-electron chi connectivity index (χ4n) is 2.62. The number of hydrogen-bond donors (Lipinski definition) is 2. The van der Waals surface area contributed by atoms with Crippen molar-refractivity contribution in [2.75, 3.05) is 0 Å². The molecule has 0 bridgehead atoms. The van der Waals surface area contributed by atoms with Gasteiger partial charge in [-0.05, 0) is 54.2 Å². The van der Waals surface area contributed by atoms with Crippen molar-refractivity contribution in [3.63, 3.8) is 0 Å². The van der Waals surface area contributed by atoms with E-state index in [2.05, 4.69) is 21.2 Å². The third-order valence-corrected chi connectivity index (χ3v) is 4.42. The molecule has 2 unspecified atom stereocenters. The summed E-state index contributed by atoms with van der Waals surface area (Å²) in [4.78, 5) is 23.3. The number of carboxylic acid groups (broad SMARTS) is 1. The van der Waals surface area contributed by atoms with Crippen molar-refractivity contribution >= 4 is 27.8 Å². The van der Waals surface area contributed by atoms with Crippen LogP contribution in [-0.2, 0) is 4.79 Å². The maximum atomic E-state index is 12.3. The van der Waals surface area contributed by atoms with Gasteiger partial charge in [0.1, 0.15) is 0 Å². The Kier molecular flexibility index (Phi) is 4.81. The molecule has 0 radical (unpaired) electrons. The quantitative estimate of drug-likeness (QED) is 0.888. The van der Waals surface area contributed by atoms with Crippen LogP contribution < -0.4 is 5.32 Å². The van der Waals surface area contributed by atoms with E-state index >= 15 is 0 Å². The third kappa shape index (κ3) is 3.60. The van der Waals surface area contributed by atoms with E-state index in [-0.39, 0.29) is 17.9 Å². The third-order valence-electron chi connectivity index (χ3n) is 3.73.